The molecule has 3 unspecified atom stereocenters. The Hall–Kier alpha value is -2.44. The maximum Gasteiger partial charge on any atom is 0.244 e. The molecule has 1 saturated heterocycles. The molecule has 1 aromatic rings. The molecule has 0 aromatic heterocycles. The van der Waals surface area contributed by atoms with Crippen LogP contribution in [0.25, 0.3) is 0 Å². The summed E-state index contributed by atoms with van der Waals surface area (Å²) in [4.78, 5) is 24.9. The van der Waals surface area contributed by atoms with Gasteiger partial charge in [0.1, 0.15) is 30.9 Å². The summed E-state index contributed by atoms with van der Waals surface area (Å²) in [6.45, 7) is 2.32. The Morgan fingerprint density at radius 1 is 1.41 bits per heavy atom. The highest BCUT2D eigenvalue weighted by molar-refractivity contribution is 6.00. The molecule has 3 rings (SSSR count). The highest BCUT2D eigenvalue weighted by Gasteiger charge is 2.51. The molecule has 144 valence electrons. The van der Waals surface area contributed by atoms with Gasteiger partial charge in [0, 0.05) is 17.5 Å². The third-order valence-corrected chi connectivity index (χ3v) is 4.81. The van der Waals surface area contributed by atoms with Gasteiger partial charge in [-0.3, -0.25) is 14.9 Å². The van der Waals surface area contributed by atoms with E-state index in [1.807, 2.05) is 0 Å². The number of rotatable bonds is 6. The molecule has 8 heteroatoms. The number of carbonyl (C=O) groups is 2. The van der Waals surface area contributed by atoms with Crippen LogP contribution in [0.15, 0.2) is 18.2 Å². The third-order valence-electron chi connectivity index (χ3n) is 4.81. The monoisotopic (exact) mass is 374 g/mol. The number of hydrogen-bond donors (Lipinski definition) is 3. The van der Waals surface area contributed by atoms with Crippen LogP contribution >= 0.6 is 0 Å². The first kappa shape index (κ1) is 19.3. The van der Waals surface area contributed by atoms with Gasteiger partial charge in [-0.25, -0.2) is 4.90 Å². The summed E-state index contributed by atoms with van der Waals surface area (Å²) in [6, 6.07) is 4.14. The first-order valence-corrected chi connectivity index (χ1v) is 8.67. The van der Waals surface area contributed by atoms with Gasteiger partial charge in [-0.2, -0.15) is 0 Å². The van der Waals surface area contributed by atoms with Crippen LogP contribution in [0.2, 0.25) is 0 Å². The standard InChI is InChI=1S/C19H22N2O6/c1-3-8-26-9-10-27-12-4-5-14-13(11-12)18(24)21(19(14,2)25)15-6-7-16(22)20-17(15)23/h1,4-5,11,15,18,24-25H,6-10H2,2H3,(H,20,22,23). The minimum Gasteiger partial charge on any atom is -0.491 e. The Morgan fingerprint density at radius 3 is 2.89 bits per heavy atom. The van der Waals surface area contributed by atoms with Crippen LogP contribution in [0, 0.1) is 12.3 Å². The molecule has 2 aliphatic heterocycles. The maximum absolute atomic E-state index is 12.2. The fraction of sp³-hybridized carbons (Fsp3) is 0.474. The molecular formula is C19H22N2O6. The van der Waals surface area contributed by atoms with Crippen LogP contribution < -0.4 is 10.1 Å². The summed E-state index contributed by atoms with van der Waals surface area (Å²) >= 11 is 0. The zero-order chi connectivity index (χ0) is 19.6. The van der Waals surface area contributed by atoms with Crippen LogP contribution in [0.5, 0.6) is 5.75 Å². The van der Waals surface area contributed by atoms with Crippen LogP contribution in [-0.2, 0) is 20.1 Å². The topological polar surface area (TPSA) is 108 Å². The van der Waals surface area contributed by atoms with Crippen molar-refractivity contribution in [3.8, 4) is 18.1 Å². The van der Waals surface area contributed by atoms with Crippen LogP contribution in [0.4, 0.5) is 0 Å². The fourth-order valence-corrected chi connectivity index (χ4v) is 3.57. The molecule has 2 heterocycles. The smallest absolute Gasteiger partial charge is 0.244 e. The van der Waals surface area contributed by atoms with Crippen molar-refractivity contribution in [1.82, 2.24) is 10.2 Å². The van der Waals surface area contributed by atoms with E-state index in [9.17, 15) is 19.8 Å². The molecule has 2 amide bonds. The summed E-state index contributed by atoms with van der Waals surface area (Å²) in [5.41, 5.74) is -0.631. The molecule has 1 fully saturated rings. The summed E-state index contributed by atoms with van der Waals surface area (Å²) in [7, 11) is 0. The largest absolute Gasteiger partial charge is 0.491 e. The Balaban J connectivity index is 1.77. The number of imide groups is 1. The number of amides is 2. The number of carbonyl (C=O) groups excluding carboxylic acids is 2. The second kappa shape index (κ2) is 7.66. The van der Waals surface area contributed by atoms with E-state index in [0.717, 1.165) is 0 Å². The van der Waals surface area contributed by atoms with Gasteiger partial charge >= 0.3 is 0 Å². The van der Waals surface area contributed by atoms with Crippen LogP contribution in [0.3, 0.4) is 0 Å². The first-order chi connectivity index (χ1) is 12.9. The molecule has 27 heavy (non-hydrogen) atoms. The van der Waals surface area contributed by atoms with Crippen molar-refractivity contribution >= 4 is 11.8 Å². The van der Waals surface area contributed by atoms with Gasteiger partial charge in [0.15, 0.2) is 0 Å². The maximum atomic E-state index is 12.2. The number of fused-ring (bicyclic) bond motifs is 1. The van der Waals surface area contributed by atoms with Gasteiger partial charge in [-0.1, -0.05) is 12.0 Å². The Labute approximate surface area is 157 Å². The second-order valence-electron chi connectivity index (χ2n) is 6.62. The molecule has 0 aliphatic carbocycles. The summed E-state index contributed by atoms with van der Waals surface area (Å²) < 4.78 is 10.7. The van der Waals surface area contributed by atoms with Crippen molar-refractivity contribution in [2.45, 2.75) is 37.8 Å². The Morgan fingerprint density at radius 2 is 2.19 bits per heavy atom. The normalized spacial score (nSPS) is 27.8. The summed E-state index contributed by atoms with van der Waals surface area (Å²) in [5, 5.41) is 24.0. The number of aliphatic hydroxyl groups excluding tert-OH is 1. The van der Waals surface area contributed by atoms with Gasteiger partial charge in [0.25, 0.3) is 0 Å². The fourth-order valence-electron chi connectivity index (χ4n) is 3.57. The third kappa shape index (κ3) is 3.68. The van der Waals surface area contributed by atoms with Gasteiger partial charge < -0.3 is 19.7 Å². The van der Waals surface area contributed by atoms with Crippen molar-refractivity contribution in [1.29, 1.82) is 0 Å². The number of benzene rings is 1. The highest BCUT2D eigenvalue weighted by Crippen LogP contribution is 2.46. The van der Waals surface area contributed by atoms with E-state index in [1.165, 1.54) is 11.8 Å². The van der Waals surface area contributed by atoms with Gasteiger partial charge in [-0.15, -0.1) is 6.42 Å². The molecule has 0 bridgehead atoms. The minimum atomic E-state index is -1.56. The number of terminal acetylenes is 1. The molecule has 1 aromatic carbocycles. The molecule has 0 spiro atoms. The van der Waals surface area contributed by atoms with E-state index in [4.69, 9.17) is 15.9 Å². The minimum absolute atomic E-state index is 0.151. The van der Waals surface area contributed by atoms with E-state index in [2.05, 4.69) is 11.2 Å². The Kier molecular flexibility index (Phi) is 5.48. The number of piperidine rings is 1. The zero-order valence-corrected chi connectivity index (χ0v) is 15.0. The molecular weight excluding hydrogens is 352 g/mol. The van der Waals surface area contributed by atoms with E-state index >= 15 is 0 Å². The molecule has 3 N–H and O–H groups in total. The lowest BCUT2D eigenvalue weighted by Crippen LogP contribution is -2.57. The molecule has 2 aliphatic rings. The SMILES string of the molecule is C#CCOCCOc1ccc2c(c1)C(O)N(C1CCC(=O)NC1=O)C2(C)O. The van der Waals surface area contributed by atoms with Gasteiger partial charge in [0.05, 0.1) is 12.6 Å². The summed E-state index contributed by atoms with van der Waals surface area (Å²) in [5.74, 6) is 1.97. The van der Waals surface area contributed by atoms with Crippen molar-refractivity contribution < 1.29 is 29.3 Å². The highest BCUT2D eigenvalue weighted by atomic mass is 16.5. The van der Waals surface area contributed by atoms with Crippen molar-refractivity contribution in [3.63, 3.8) is 0 Å². The lowest BCUT2D eigenvalue weighted by atomic mass is 10.00. The lowest BCUT2D eigenvalue weighted by molar-refractivity contribution is -0.186. The number of aliphatic hydroxyl groups is 2. The van der Waals surface area contributed by atoms with E-state index in [1.54, 1.807) is 18.2 Å². The van der Waals surface area contributed by atoms with Gasteiger partial charge in [-0.05, 0) is 25.5 Å². The number of ether oxygens (including phenoxy) is 2. The summed E-state index contributed by atoms with van der Waals surface area (Å²) in [6.07, 6.45) is 4.26. The predicted octanol–water partition coefficient (Wildman–Crippen LogP) is -0.00810. The predicted molar refractivity (Wildman–Crippen MR) is 94.1 cm³/mol. The molecule has 0 saturated carbocycles. The number of nitrogens with zero attached hydrogens (tertiary/aromatic N) is 1. The van der Waals surface area contributed by atoms with E-state index < -0.39 is 23.9 Å². The average molecular weight is 374 g/mol. The average Bonchev–Trinajstić information content (AvgIpc) is 2.81. The lowest BCUT2D eigenvalue weighted by Gasteiger charge is -2.39. The van der Waals surface area contributed by atoms with E-state index in [0.29, 0.717) is 23.5 Å². The van der Waals surface area contributed by atoms with Crippen molar-refractivity contribution in [2.75, 3.05) is 19.8 Å². The second-order valence-corrected chi connectivity index (χ2v) is 6.62. The zero-order valence-electron chi connectivity index (χ0n) is 15.0. The first-order valence-electron chi connectivity index (χ1n) is 8.67. The number of hydrogen-bond acceptors (Lipinski definition) is 7. The molecule has 3 atom stereocenters. The van der Waals surface area contributed by atoms with Crippen molar-refractivity contribution in [2.24, 2.45) is 0 Å². The molecule has 0 radical (unpaired) electrons. The van der Waals surface area contributed by atoms with Crippen LogP contribution in [0.1, 0.15) is 37.1 Å². The van der Waals surface area contributed by atoms with Crippen molar-refractivity contribution in [3.05, 3.63) is 29.3 Å². The van der Waals surface area contributed by atoms with E-state index in [-0.39, 0.29) is 32.0 Å². The van der Waals surface area contributed by atoms with Gasteiger partial charge in [0.2, 0.25) is 11.8 Å². The number of nitrogens with one attached hydrogen (secondary N) is 1. The van der Waals surface area contributed by atoms with Crippen LogP contribution in [-0.4, -0.2) is 52.8 Å². The molecule has 8 nitrogen and oxygen atoms in total. The Bertz CT molecular complexity index is 785. The quantitative estimate of drug-likeness (QED) is 0.365.